The molecule has 162 valence electrons. The van der Waals surface area contributed by atoms with Crippen LogP contribution >= 0.6 is 12.2 Å². The summed E-state index contributed by atoms with van der Waals surface area (Å²) in [4.78, 5) is 10.9. The molecular weight excluding hydrogens is 392 g/mol. The molecule has 7 heteroatoms. The molecule has 2 aromatic rings. The quantitative estimate of drug-likeness (QED) is 0.568. The first-order chi connectivity index (χ1) is 14.5. The van der Waals surface area contributed by atoms with E-state index in [1.54, 1.807) is 6.20 Å². The second-order valence-corrected chi connectivity index (χ2v) is 8.49. The molecule has 1 aromatic carbocycles. The normalized spacial score (nSPS) is 18.5. The van der Waals surface area contributed by atoms with Crippen LogP contribution in [0.25, 0.3) is 0 Å². The molecule has 1 heterocycles. The number of hydrogen-bond donors (Lipinski definition) is 3. The van der Waals surface area contributed by atoms with Crippen LogP contribution in [0.15, 0.2) is 30.5 Å². The molecule has 0 radical (unpaired) electrons. The Morgan fingerprint density at radius 1 is 1.03 bits per heavy atom. The maximum Gasteiger partial charge on any atom is 0.224 e. The summed E-state index contributed by atoms with van der Waals surface area (Å²) < 4.78 is 0. The molecule has 0 unspecified atom stereocenters. The number of rotatable bonds is 7. The van der Waals surface area contributed by atoms with Gasteiger partial charge in [0.1, 0.15) is 5.82 Å². The first-order valence-corrected chi connectivity index (χ1v) is 11.4. The summed E-state index contributed by atoms with van der Waals surface area (Å²) in [6.45, 7) is 4.37. The van der Waals surface area contributed by atoms with Crippen LogP contribution in [0.5, 0.6) is 0 Å². The molecular formula is C23H34N6S. The van der Waals surface area contributed by atoms with Gasteiger partial charge in [0.25, 0.3) is 0 Å². The molecule has 6 nitrogen and oxygen atoms in total. The van der Waals surface area contributed by atoms with E-state index in [9.17, 15) is 0 Å². The van der Waals surface area contributed by atoms with Crippen LogP contribution in [0, 0.1) is 0 Å². The highest BCUT2D eigenvalue weighted by molar-refractivity contribution is 7.80. The van der Waals surface area contributed by atoms with Crippen LogP contribution in [0.1, 0.15) is 50.7 Å². The summed E-state index contributed by atoms with van der Waals surface area (Å²) in [6, 6.07) is 9.19. The van der Waals surface area contributed by atoms with Crippen molar-refractivity contribution in [2.24, 2.45) is 0 Å². The van der Waals surface area contributed by atoms with E-state index >= 15 is 0 Å². The van der Waals surface area contributed by atoms with Crippen molar-refractivity contribution in [1.29, 1.82) is 0 Å². The van der Waals surface area contributed by atoms with Crippen molar-refractivity contribution >= 4 is 34.8 Å². The highest BCUT2D eigenvalue weighted by Gasteiger charge is 2.22. The van der Waals surface area contributed by atoms with Crippen molar-refractivity contribution in [1.82, 2.24) is 15.3 Å². The molecule has 30 heavy (non-hydrogen) atoms. The van der Waals surface area contributed by atoms with Crippen LogP contribution in [0.4, 0.5) is 17.5 Å². The average Bonchev–Trinajstić information content (AvgIpc) is 2.75. The molecule has 1 aliphatic carbocycles. The van der Waals surface area contributed by atoms with Crippen LogP contribution in [0.3, 0.4) is 0 Å². The van der Waals surface area contributed by atoms with Crippen LogP contribution in [-0.4, -0.2) is 41.3 Å². The van der Waals surface area contributed by atoms with E-state index in [4.69, 9.17) is 12.2 Å². The van der Waals surface area contributed by atoms with Gasteiger partial charge in [-0.2, -0.15) is 4.98 Å². The smallest absolute Gasteiger partial charge is 0.224 e. The summed E-state index contributed by atoms with van der Waals surface area (Å²) in [7, 11) is 3.98. The third-order valence-electron chi connectivity index (χ3n) is 5.73. The lowest BCUT2D eigenvalue weighted by atomic mass is 9.91. The Hall–Kier alpha value is -2.41. The molecule has 3 N–H and O–H groups in total. The zero-order chi connectivity index (χ0) is 21.5. The minimum absolute atomic E-state index is 0.398. The molecule has 0 atom stereocenters. The van der Waals surface area contributed by atoms with Gasteiger partial charge in [-0.3, -0.25) is 0 Å². The SMILES string of the molecule is CCc1cccc(CC)c1NC(=S)N[C@H]1CC[C@@H](Nc2nccc(N(C)C)n2)CC1. The second kappa shape index (κ2) is 10.6. The number of nitrogens with zero attached hydrogens (tertiary/aromatic N) is 3. The Kier molecular flexibility index (Phi) is 7.85. The summed E-state index contributed by atoms with van der Waals surface area (Å²) >= 11 is 5.64. The third kappa shape index (κ3) is 5.81. The number of aromatic nitrogens is 2. The van der Waals surface area contributed by atoms with Crippen molar-refractivity contribution in [3.05, 3.63) is 41.6 Å². The van der Waals surface area contributed by atoms with E-state index < -0.39 is 0 Å². The van der Waals surface area contributed by atoms with E-state index in [1.165, 1.54) is 16.8 Å². The Balaban J connectivity index is 1.50. The highest BCUT2D eigenvalue weighted by atomic mass is 32.1. The maximum absolute atomic E-state index is 5.64. The number of thiocarbonyl (C=S) groups is 1. The van der Waals surface area contributed by atoms with Crippen LogP contribution in [-0.2, 0) is 12.8 Å². The molecule has 1 saturated carbocycles. The Labute approximate surface area is 185 Å². The van der Waals surface area contributed by atoms with Gasteiger partial charge in [0.15, 0.2) is 5.11 Å². The fraction of sp³-hybridized carbons (Fsp3) is 0.522. The largest absolute Gasteiger partial charge is 0.363 e. The summed E-state index contributed by atoms with van der Waals surface area (Å²) in [6.07, 6.45) is 8.08. The van der Waals surface area contributed by atoms with Gasteiger partial charge in [0, 0.05) is 38.1 Å². The van der Waals surface area contributed by atoms with Gasteiger partial charge >= 0.3 is 0 Å². The molecule has 0 saturated heterocycles. The molecule has 1 fully saturated rings. The summed E-state index contributed by atoms with van der Waals surface area (Å²) in [5.41, 5.74) is 3.80. The predicted molar refractivity (Wildman–Crippen MR) is 131 cm³/mol. The highest BCUT2D eigenvalue weighted by Crippen LogP contribution is 2.24. The summed E-state index contributed by atoms with van der Waals surface area (Å²) in [5.74, 6) is 1.62. The van der Waals surface area contributed by atoms with E-state index in [2.05, 4.69) is 58.0 Å². The van der Waals surface area contributed by atoms with Gasteiger partial charge in [-0.25, -0.2) is 4.98 Å². The zero-order valence-electron chi connectivity index (χ0n) is 18.5. The lowest BCUT2D eigenvalue weighted by molar-refractivity contribution is 0.387. The molecule has 0 spiro atoms. The number of anilines is 3. The monoisotopic (exact) mass is 426 g/mol. The van der Waals surface area contributed by atoms with Gasteiger partial charge in [-0.15, -0.1) is 0 Å². The van der Waals surface area contributed by atoms with Crippen LogP contribution < -0.4 is 20.9 Å². The van der Waals surface area contributed by atoms with Gasteiger partial charge in [0.2, 0.25) is 5.95 Å². The fourth-order valence-corrected chi connectivity index (χ4v) is 4.24. The Morgan fingerprint density at radius 3 is 2.27 bits per heavy atom. The summed E-state index contributed by atoms with van der Waals surface area (Å²) in [5, 5.41) is 11.2. The van der Waals surface area contributed by atoms with Crippen molar-refractivity contribution in [2.45, 2.75) is 64.5 Å². The number of aryl methyl sites for hydroxylation is 2. The first kappa shape index (κ1) is 22.3. The van der Waals surface area contributed by atoms with E-state index in [-0.39, 0.29) is 0 Å². The molecule has 0 amide bonds. The second-order valence-electron chi connectivity index (χ2n) is 8.08. The number of benzene rings is 1. The van der Waals surface area contributed by atoms with Gasteiger partial charge in [-0.05, 0) is 67.9 Å². The van der Waals surface area contributed by atoms with E-state index in [0.29, 0.717) is 18.0 Å². The van der Waals surface area contributed by atoms with Gasteiger partial charge in [-0.1, -0.05) is 32.0 Å². The van der Waals surface area contributed by atoms with Crippen LogP contribution in [0.2, 0.25) is 0 Å². The first-order valence-electron chi connectivity index (χ1n) is 10.9. The van der Waals surface area contributed by atoms with Crippen molar-refractivity contribution < 1.29 is 0 Å². The number of para-hydroxylation sites is 1. The topological polar surface area (TPSA) is 65.1 Å². The Bertz CT molecular complexity index is 823. The minimum atomic E-state index is 0.398. The fourth-order valence-electron chi connectivity index (χ4n) is 3.97. The van der Waals surface area contributed by atoms with E-state index in [0.717, 1.165) is 49.5 Å². The lowest BCUT2D eigenvalue weighted by Crippen LogP contribution is -2.42. The molecule has 0 bridgehead atoms. The standard InChI is InChI=1S/C23H34N6S/c1-5-16-8-7-9-17(6-2)21(16)28-23(30)26-19-12-10-18(11-13-19)25-22-24-15-14-20(27-22)29(3)4/h7-9,14-15,18-19H,5-6,10-13H2,1-4H3,(H,24,25,27)(H2,26,28,30)/t18-,19+. The lowest BCUT2D eigenvalue weighted by Gasteiger charge is -2.31. The minimum Gasteiger partial charge on any atom is -0.363 e. The molecule has 3 rings (SSSR count). The number of nitrogens with one attached hydrogen (secondary N) is 3. The van der Waals surface area contributed by atoms with Gasteiger partial charge < -0.3 is 20.9 Å². The molecule has 1 aliphatic rings. The molecule has 1 aromatic heterocycles. The van der Waals surface area contributed by atoms with Gasteiger partial charge in [0.05, 0.1) is 0 Å². The average molecular weight is 427 g/mol. The van der Waals surface area contributed by atoms with Crippen molar-refractivity contribution in [3.8, 4) is 0 Å². The van der Waals surface area contributed by atoms with Crippen molar-refractivity contribution in [3.63, 3.8) is 0 Å². The Morgan fingerprint density at radius 2 is 1.67 bits per heavy atom. The van der Waals surface area contributed by atoms with Crippen molar-refractivity contribution in [2.75, 3.05) is 29.6 Å². The maximum atomic E-state index is 5.64. The number of hydrogen-bond acceptors (Lipinski definition) is 5. The predicted octanol–water partition coefficient (Wildman–Crippen LogP) is 4.38. The zero-order valence-corrected chi connectivity index (χ0v) is 19.4. The molecule has 0 aliphatic heterocycles. The van der Waals surface area contributed by atoms with E-state index in [1.807, 2.05) is 25.1 Å². The third-order valence-corrected chi connectivity index (χ3v) is 5.95.